The number of nitrogens with zero attached hydrogens (tertiary/aromatic N) is 1. The first-order chi connectivity index (χ1) is 9.25. The Morgan fingerprint density at radius 3 is 2.68 bits per heavy atom. The standard InChI is InChI=1S/C16H27N3/c1-19(2)13-15-8-4-3-7-14(15)11-17-12-16-9-5-6-10-18-16/h3-4,7-8,16-18H,5-6,9-13H2,1-2H3. The van der Waals surface area contributed by atoms with Crippen molar-refractivity contribution >= 4 is 0 Å². The summed E-state index contributed by atoms with van der Waals surface area (Å²) >= 11 is 0. The summed E-state index contributed by atoms with van der Waals surface area (Å²) in [6.45, 7) is 4.25. The molecule has 106 valence electrons. The Labute approximate surface area is 117 Å². The van der Waals surface area contributed by atoms with E-state index in [1.165, 1.54) is 36.9 Å². The largest absolute Gasteiger partial charge is 0.313 e. The van der Waals surface area contributed by atoms with Crippen LogP contribution in [0.2, 0.25) is 0 Å². The van der Waals surface area contributed by atoms with E-state index in [4.69, 9.17) is 0 Å². The fourth-order valence-corrected chi connectivity index (χ4v) is 2.70. The minimum atomic E-state index is 0.662. The summed E-state index contributed by atoms with van der Waals surface area (Å²) in [7, 11) is 4.24. The predicted octanol–water partition coefficient (Wildman–Crippen LogP) is 1.98. The van der Waals surface area contributed by atoms with Crippen molar-refractivity contribution in [1.82, 2.24) is 15.5 Å². The van der Waals surface area contributed by atoms with Crippen molar-refractivity contribution in [2.45, 2.75) is 38.4 Å². The van der Waals surface area contributed by atoms with Gasteiger partial charge in [-0.15, -0.1) is 0 Å². The van der Waals surface area contributed by atoms with Gasteiger partial charge in [-0.25, -0.2) is 0 Å². The molecule has 0 amide bonds. The SMILES string of the molecule is CN(C)Cc1ccccc1CNCC1CCCCN1. The van der Waals surface area contributed by atoms with Crippen molar-refractivity contribution in [1.29, 1.82) is 0 Å². The average molecular weight is 261 g/mol. The molecule has 19 heavy (non-hydrogen) atoms. The molecule has 0 bridgehead atoms. The molecule has 1 aliphatic rings. The maximum Gasteiger partial charge on any atom is 0.0230 e. The highest BCUT2D eigenvalue weighted by atomic mass is 15.0. The molecule has 3 heteroatoms. The quantitative estimate of drug-likeness (QED) is 0.820. The molecule has 0 saturated carbocycles. The van der Waals surface area contributed by atoms with Crippen LogP contribution in [0.4, 0.5) is 0 Å². The van der Waals surface area contributed by atoms with Crippen molar-refractivity contribution < 1.29 is 0 Å². The number of hydrogen-bond donors (Lipinski definition) is 2. The molecule has 1 unspecified atom stereocenters. The van der Waals surface area contributed by atoms with Crippen LogP contribution in [-0.2, 0) is 13.1 Å². The zero-order valence-electron chi connectivity index (χ0n) is 12.3. The van der Waals surface area contributed by atoms with E-state index < -0.39 is 0 Å². The van der Waals surface area contributed by atoms with Crippen LogP contribution in [0, 0.1) is 0 Å². The first-order valence-electron chi connectivity index (χ1n) is 7.41. The second-order valence-corrected chi connectivity index (χ2v) is 5.78. The second-order valence-electron chi connectivity index (χ2n) is 5.78. The van der Waals surface area contributed by atoms with Crippen molar-refractivity contribution in [2.75, 3.05) is 27.2 Å². The van der Waals surface area contributed by atoms with E-state index in [1.807, 2.05) is 0 Å². The van der Waals surface area contributed by atoms with Crippen LogP contribution in [0.1, 0.15) is 30.4 Å². The lowest BCUT2D eigenvalue weighted by molar-refractivity contribution is 0.381. The van der Waals surface area contributed by atoms with Gasteiger partial charge in [-0.1, -0.05) is 30.7 Å². The molecule has 1 fully saturated rings. The van der Waals surface area contributed by atoms with Crippen molar-refractivity contribution in [2.24, 2.45) is 0 Å². The minimum Gasteiger partial charge on any atom is -0.313 e. The normalized spacial score (nSPS) is 19.8. The first-order valence-corrected chi connectivity index (χ1v) is 7.41. The van der Waals surface area contributed by atoms with Gasteiger partial charge in [-0.3, -0.25) is 0 Å². The maximum atomic E-state index is 3.60. The van der Waals surface area contributed by atoms with Crippen LogP contribution in [0.3, 0.4) is 0 Å². The Kier molecular flexibility index (Phi) is 5.83. The van der Waals surface area contributed by atoms with Gasteiger partial charge in [0.2, 0.25) is 0 Å². The zero-order chi connectivity index (χ0) is 13.5. The van der Waals surface area contributed by atoms with Crippen LogP contribution < -0.4 is 10.6 Å². The van der Waals surface area contributed by atoms with Gasteiger partial charge in [-0.2, -0.15) is 0 Å². The van der Waals surface area contributed by atoms with E-state index in [9.17, 15) is 0 Å². The smallest absolute Gasteiger partial charge is 0.0230 e. The fraction of sp³-hybridized carbons (Fsp3) is 0.625. The van der Waals surface area contributed by atoms with Gasteiger partial charge in [0, 0.05) is 25.7 Å². The number of piperidine rings is 1. The van der Waals surface area contributed by atoms with Gasteiger partial charge in [0.1, 0.15) is 0 Å². The summed E-state index contributed by atoms with van der Waals surface area (Å²) in [4.78, 5) is 2.22. The average Bonchev–Trinajstić information content (AvgIpc) is 2.41. The molecule has 2 N–H and O–H groups in total. The molecule has 3 nitrogen and oxygen atoms in total. The molecule has 1 saturated heterocycles. The fourth-order valence-electron chi connectivity index (χ4n) is 2.70. The Morgan fingerprint density at radius 2 is 2.00 bits per heavy atom. The summed E-state index contributed by atoms with van der Waals surface area (Å²) in [6.07, 6.45) is 4.02. The third kappa shape index (κ3) is 4.94. The predicted molar refractivity (Wildman–Crippen MR) is 81.2 cm³/mol. The summed E-state index contributed by atoms with van der Waals surface area (Å²) in [5.41, 5.74) is 2.85. The Morgan fingerprint density at radius 1 is 1.21 bits per heavy atom. The molecule has 1 atom stereocenters. The molecule has 0 radical (unpaired) electrons. The van der Waals surface area contributed by atoms with Crippen LogP contribution >= 0.6 is 0 Å². The molecule has 1 aromatic rings. The molecule has 1 heterocycles. The third-order valence-corrected chi connectivity index (χ3v) is 3.72. The molecular formula is C16H27N3. The number of benzene rings is 1. The molecule has 2 rings (SSSR count). The van der Waals surface area contributed by atoms with E-state index in [0.29, 0.717) is 6.04 Å². The van der Waals surface area contributed by atoms with Gasteiger partial charge in [-0.05, 0) is 44.6 Å². The van der Waals surface area contributed by atoms with E-state index in [-0.39, 0.29) is 0 Å². The number of rotatable bonds is 6. The second kappa shape index (κ2) is 7.63. The molecule has 0 aromatic heterocycles. The van der Waals surface area contributed by atoms with Crippen molar-refractivity contribution in [3.05, 3.63) is 35.4 Å². The maximum absolute atomic E-state index is 3.60. The number of hydrogen-bond acceptors (Lipinski definition) is 3. The van der Waals surface area contributed by atoms with E-state index in [2.05, 4.69) is 53.9 Å². The third-order valence-electron chi connectivity index (χ3n) is 3.72. The summed E-state index contributed by atoms with van der Waals surface area (Å²) in [5.74, 6) is 0. The lowest BCUT2D eigenvalue weighted by atomic mass is 10.0. The van der Waals surface area contributed by atoms with Gasteiger partial charge < -0.3 is 15.5 Å². The first kappa shape index (κ1) is 14.5. The topological polar surface area (TPSA) is 27.3 Å². The lowest BCUT2D eigenvalue weighted by Crippen LogP contribution is -2.41. The molecule has 0 spiro atoms. The molecule has 0 aliphatic carbocycles. The summed E-state index contributed by atoms with van der Waals surface area (Å²) in [6, 6.07) is 9.39. The van der Waals surface area contributed by atoms with Crippen LogP contribution in [0.25, 0.3) is 0 Å². The summed E-state index contributed by atoms with van der Waals surface area (Å²) in [5, 5.41) is 7.19. The van der Waals surface area contributed by atoms with Crippen LogP contribution in [-0.4, -0.2) is 38.1 Å². The van der Waals surface area contributed by atoms with Crippen molar-refractivity contribution in [3.63, 3.8) is 0 Å². The van der Waals surface area contributed by atoms with Crippen LogP contribution in [0.15, 0.2) is 24.3 Å². The zero-order valence-corrected chi connectivity index (χ0v) is 12.3. The lowest BCUT2D eigenvalue weighted by Gasteiger charge is -2.24. The Balaban J connectivity index is 1.81. The van der Waals surface area contributed by atoms with Gasteiger partial charge in [0.25, 0.3) is 0 Å². The highest BCUT2D eigenvalue weighted by molar-refractivity contribution is 5.26. The Bertz CT molecular complexity index is 370. The van der Waals surface area contributed by atoms with E-state index in [1.54, 1.807) is 0 Å². The number of nitrogens with one attached hydrogen (secondary N) is 2. The molecular weight excluding hydrogens is 234 g/mol. The highest BCUT2D eigenvalue weighted by Crippen LogP contribution is 2.11. The van der Waals surface area contributed by atoms with Crippen molar-refractivity contribution in [3.8, 4) is 0 Å². The van der Waals surface area contributed by atoms with E-state index in [0.717, 1.165) is 19.6 Å². The molecule has 1 aliphatic heterocycles. The Hall–Kier alpha value is -0.900. The summed E-state index contributed by atoms with van der Waals surface area (Å²) < 4.78 is 0. The molecule has 1 aromatic carbocycles. The minimum absolute atomic E-state index is 0.662. The van der Waals surface area contributed by atoms with E-state index >= 15 is 0 Å². The monoisotopic (exact) mass is 261 g/mol. The van der Waals surface area contributed by atoms with Crippen LogP contribution in [0.5, 0.6) is 0 Å². The van der Waals surface area contributed by atoms with Gasteiger partial charge in [0.05, 0.1) is 0 Å². The highest BCUT2D eigenvalue weighted by Gasteiger charge is 2.11. The van der Waals surface area contributed by atoms with Gasteiger partial charge in [0.15, 0.2) is 0 Å². The van der Waals surface area contributed by atoms with Gasteiger partial charge >= 0.3 is 0 Å².